The predicted octanol–water partition coefficient (Wildman–Crippen LogP) is 2.60. The molecule has 0 saturated heterocycles. The first-order chi connectivity index (χ1) is 9.98. The number of fused-ring (bicyclic) bond motifs is 1. The van der Waals surface area contributed by atoms with Crippen LogP contribution in [-0.4, -0.2) is 18.9 Å². The summed E-state index contributed by atoms with van der Waals surface area (Å²) in [6, 6.07) is 8.76. The van der Waals surface area contributed by atoms with Crippen LogP contribution in [0.25, 0.3) is 10.8 Å². The van der Waals surface area contributed by atoms with Crippen molar-refractivity contribution in [2.45, 2.75) is 37.1 Å². The third-order valence-electron chi connectivity index (χ3n) is 3.68. The molecular formula is C15H17N3O2S. The van der Waals surface area contributed by atoms with Crippen LogP contribution in [0.2, 0.25) is 0 Å². The van der Waals surface area contributed by atoms with Gasteiger partial charge in [-0.25, -0.2) is 8.42 Å². The number of nitriles is 1. The highest BCUT2D eigenvalue weighted by Gasteiger charge is 2.32. The van der Waals surface area contributed by atoms with Crippen molar-refractivity contribution in [2.75, 3.05) is 0 Å². The Bertz CT molecular complexity index is 785. The van der Waals surface area contributed by atoms with E-state index in [0.717, 1.165) is 5.39 Å². The summed E-state index contributed by atoms with van der Waals surface area (Å²) in [6.45, 7) is 3.59. The minimum Gasteiger partial charge on any atom is -0.264 e. The lowest BCUT2D eigenvalue weighted by Crippen LogP contribution is -2.46. The number of benzene rings is 1. The van der Waals surface area contributed by atoms with Gasteiger partial charge in [-0.3, -0.25) is 4.98 Å². The predicted molar refractivity (Wildman–Crippen MR) is 81.0 cm³/mol. The smallest absolute Gasteiger partial charge is 0.242 e. The topological polar surface area (TPSA) is 82.9 Å². The van der Waals surface area contributed by atoms with E-state index in [1.165, 1.54) is 6.07 Å². The summed E-state index contributed by atoms with van der Waals surface area (Å²) in [5.41, 5.74) is -1.08. The maximum Gasteiger partial charge on any atom is 0.242 e. The van der Waals surface area contributed by atoms with Crippen LogP contribution >= 0.6 is 0 Å². The third kappa shape index (κ3) is 2.89. The number of pyridine rings is 1. The number of hydrogen-bond donors (Lipinski definition) is 1. The van der Waals surface area contributed by atoms with Crippen LogP contribution in [0.5, 0.6) is 0 Å². The van der Waals surface area contributed by atoms with Crippen LogP contribution in [0.1, 0.15) is 26.7 Å². The van der Waals surface area contributed by atoms with Crippen molar-refractivity contribution in [2.24, 2.45) is 0 Å². The van der Waals surface area contributed by atoms with Gasteiger partial charge in [-0.1, -0.05) is 26.0 Å². The molecule has 1 N–H and O–H groups in total. The molecule has 110 valence electrons. The minimum absolute atomic E-state index is 0.170. The first-order valence-electron chi connectivity index (χ1n) is 6.76. The number of sulfonamides is 1. The zero-order chi connectivity index (χ0) is 15.5. The van der Waals surface area contributed by atoms with Crippen molar-refractivity contribution in [1.29, 1.82) is 5.26 Å². The van der Waals surface area contributed by atoms with Gasteiger partial charge in [-0.05, 0) is 25.0 Å². The van der Waals surface area contributed by atoms with Gasteiger partial charge in [0.15, 0.2) is 0 Å². The van der Waals surface area contributed by atoms with E-state index in [4.69, 9.17) is 0 Å². The Morgan fingerprint density at radius 3 is 2.62 bits per heavy atom. The number of rotatable bonds is 5. The highest BCUT2D eigenvalue weighted by atomic mass is 32.2. The van der Waals surface area contributed by atoms with E-state index in [1.807, 2.05) is 0 Å². The first-order valence-corrected chi connectivity index (χ1v) is 8.24. The second-order valence-corrected chi connectivity index (χ2v) is 6.51. The Morgan fingerprint density at radius 1 is 1.29 bits per heavy atom. The molecule has 2 aromatic rings. The van der Waals surface area contributed by atoms with Crippen molar-refractivity contribution in [3.05, 3.63) is 36.7 Å². The SMILES string of the molecule is CCC(C#N)(CC)NS(=O)(=O)c1cccc2cnccc12. The molecule has 0 aliphatic rings. The Morgan fingerprint density at radius 2 is 2.00 bits per heavy atom. The van der Waals surface area contributed by atoms with Gasteiger partial charge < -0.3 is 0 Å². The molecular weight excluding hydrogens is 286 g/mol. The molecule has 0 bridgehead atoms. The Kier molecular flexibility index (Phi) is 4.26. The number of aromatic nitrogens is 1. The highest BCUT2D eigenvalue weighted by molar-refractivity contribution is 7.89. The molecule has 0 atom stereocenters. The highest BCUT2D eigenvalue weighted by Crippen LogP contribution is 2.24. The van der Waals surface area contributed by atoms with Crippen molar-refractivity contribution in [3.63, 3.8) is 0 Å². The van der Waals surface area contributed by atoms with Gasteiger partial charge >= 0.3 is 0 Å². The Balaban J connectivity index is 2.56. The van der Waals surface area contributed by atoms with Crippen LogP contribution < -0.4 is 4.72 Å². The van der Waals surface area contributed by atoms with Crippen LogP contribution in [0.3, 0.4) is 0 Å². The number of nitrogens with one attached hydrogen (secondary N) is 1. The zero-order valence-electron chi connectivity index (χ0n) is 12.0. The molecule has 0 amide bonds. The van der Waals surface area contributed by atoms with E-state index < -0.39 is 15.6 Å². The van der Waals surface area contributed by atoms with E-state index in [-0.39, 0.29) is 4.90 Å². The molecule has 0 saturated carbocycles. The van der Waals surface area contributed by atoms with Gasteiger partial charge in [0.25, 0.3) is 0 Å². The third-order valence-corrected chi connectivity index (χ3v) is 5.28. The van der Waals surface area contributed by atoms with Gasteiger partial charge in [-0.2, -0.15) is 9.98 Å². The molecule has 1 aromatic heterocycles. The van der Waals surface area contributed by atoms with Crippen LogP contribution in [0.4, 0.5) is 0 Å². The van der Waals surface area contributed by atoms with Crippen LogP contribution in [0, 0.1) is 11.3 Å². The lowest BCUT2D eigenvalue weighted by atomic mass is 9.97. The minimum atomic E-state index is -3.78. The molecule has 1 heterocycles. The largest absolute Gasteiger partial charge is 0.264 e. The molecule has 5 nitrogen and oxygen atoms in total. The van der Waals surface area contributed by atoms with Crippen molar-refractivity contribution < 1.29 is 8.42 Å². The average molecular weight is 303 g/mol. The second-order valence-electron chi connectivity index (χ2n) is 4.86. The monoisotopic (exact) mass is 303 g/mol. The molecule has 0 aliphatic heterocycles. The average Bonchev–Trinajstić information content (AvgIpc) is 2.52. The quantitative estimate of drug-likeness (QED) is 0.920. The van der Waals surface area contributed by atoms with Gasteiger partial charge in [-0.15, -0.1) is 0 Å². The fourth-order valence-corrected chi connectivity index (χ4v) is 3.91. The maximum atomic E-state index is 12.7. The lowest BCUT2D eigenvalue weighted by molar-refractivity contribution is 0.447. The number of hydrogen-bond acceptors (Lipinski definition) is 4. The molecule has 0 unspecified atom stereocenters. The summed E-state index contributed by atoms with van der Waals surface area (Å²) in [6.07, 6.45) is 3.99. The molecule has 0 spiro atoms. The van der Waals surface area contributed by atoms with Crippen molar-refractivity contribution >= 4 is 20.8 Å². The fourth-order valence-electron chi connectivity index (χ4n) is 2.21. The fraction of sp³-hybridized carbons (Fsp3) is 0.333. The van der Waals surface area contributed by atoms with Gasteiger partial charge in [0.2, 0.25) is 10.0 Å². The van der Waals surface area contributed by atoms with Gasteiger partial charge in [0.05, 0.1) is 11.0 Å². The summed E-state index contributed by atoms with van der Waals surface area (Å²) < 4.78 is 27.9. The zero-order valence-corrected chi connectivity index (χ0v) is 12.8. The standard InChI is InChI=1S/C15H17N3O2S/c1-3-15(4-2,11-16)18-21(19,20)14-7-5-6-12-10-17-9-8-13(12)14/h5-10,18H,3-4H2,1-2H3. The van der Waals surface area contributed by atoms with E-state index in [1.54, 1.807) is 44.4 Å². The molecule has 2 rings (SSSR count). The van der Waals surface area contributed by atoms with Crippen LogP contribution in [0.15, 0.2) is 41.6 Å². The molecule has 0 fully saturated rings. The lowest BCUT2D eigenvalue weighted by Gasteiger charge is -2.24. The maximum absolute atomic E-state index is 12.7. The Labute approximate surface area is 124 Å². The van der Waals surface area contributed by atoms with E-state index in [0.29, 0.717) is 18.2 Å². The summed E-state index contributed by atoms with van der Waals surface area (Å²) in [5.74, 6) is 0. The summed E-state index contributed by atoms with van der Waals surface area (Å²) in [5, 5.41) is 10.7. The van der Waals surface area contributed by atoms with E-state index >= 15 is 0 Å². The van der Waals surface area contributed by atoms with Gasteiger partial charge in [0, 0.05) is 23.2 Å². The first kappa shape index (κ1) is 15.4. The van der Waals surface area contributed by atoms with Gasteiger partial charge in [0.1, 0.15) is 5.54 Å². The van der Waals surface area contributed by atoms with E-state index in [2.05, 4.69) is 15.8 Å². The molecule has 0 aliphatic carbocycles. The summed E-state index contributed by atoms with van der Waals surface area (Å²) in [7, 11) is -3.78. The van der Waals surface area contributed by atoms with E-state index in [9.17, 15) is 13.7 Å². The number of nitrogens with zero attached hydrogens (tertiary/aromatic N) is 2. The molecule has 0 radical (unpaired) electrons. The van der Waals surface area contributed by atoms with Crippen molar-refractivity contribution in [3.8, 4) is 6.07 Å². The summed E-state index contributed by atoms with van der Waals surface area (Å²) >= 11 is 0. The molecule has 1 aromatic carbocycles. The Hall–Kier alpha value is -1.97. The van der Waals surface area contributed by atoms with Crippen molar-refractivity contribution in [1.82, 2.24) is 9.71 Å². The molecule has 6 heteroatoms. The molecule has 21 heavy (non-hydrogen) atoms. The second kappa shape index (κ2) is 5.80. The van der Waals surface area contributed by atoms with Crippen LogP contribution in [-0.2, 0) is 10.0 Å². The summed E-state index contributed by atoms with van der Waals surface area (Å²) in [4.78, 5) is 4.16. The normalized spacial score (nSPS) is 12.2.